The molecule has 12 N–H and O–H groups in total. The van der Waals surface area contributed by atoms with Crippen LogP contribution in [-0.4, -0.2) is 37.5 Å². The van der Waals surface area contributed by atoms with Crippen molar-refractivity contribution in [2.75, 3.05) is 26.2 Å². The predicted molar refractivity (Wildman–Crippen MR) is 137 cm³/mol. The van der Waals surface area contributed by atoms with Crippen LogP contribution < -0.4 is 42.5 Å². The monoisotopic (exact) mass is 560 g/mol. The van der Waals surface area contributed by atoms with Gasteiger partial charge in [0, 0.05) is 0 Å². The minimum atomic E-state index is -4.24. The van der Waals surface area contributed by atoms with Gasteiger partial charge in [-0.25, -0.2) is 0 Å². The van der Waals surface area contributed by atoms with E-state index in [0.717, 1.165) is 64.7 Å². The highest BCUT2D eigenvalue weighted by atomic mass is 31.2. The van der Waals surface area contributed by atoms with Gasteiger partial charge in [0.2, 0.25) is 0 Å². The van der Waals surface area contributed by atoms with Gasteiger partial charge in [0.05, 0.1) is 26.2 Å². The number of unbranched alkanes of at least 4 members (excludes halogenated alkanes) is 6. The molecule has 2 aliphatic rings. The maximum absolute atomic E-state index is 10.5. The van der Waals surface area contributed by atoms with Crippen molar-refractivity contribution in [2.24, 2.45) is 0 Å². The lowest BCUT2D eigenvalue weighted by atomic mass is 10.0. The third-order valence-electron chi connectivity index (χ3n) is 6.54. The molecular formula is C24H58N4O6P2. The zero-order chi connectivity index (χ0) is 27.7. The SMILES string of the molecule is O=P([O-])([O-])C1CCCCC1.O=P([O-])([O-])C1CCCCC1.[NH3+]CCCCCC[NH3+].[NH3+]CCCCCC[NH3+]. The van der Waals surface area contributed by atoms with Crippen molar-refractivity contribution in [1.29, 1.82) is 0 Å². The first-order chi connectivity index (χ1) is 17.0. The van der Waals surface area contributed by atoms with Crippen LogP contribution in [0.1, 0.15) is 116 Å². The van der Waals surface area contributed by atoms with Gasteiger partial charge in [0.1, 0.15) is 0 Å². The Balaban J connectivity index is 0. The van der Waals surface area contributed by atoms with Crippen LogP contribution in [0.5, 0.6) is 0 Å². The van der Waals surface area contributed by atoms with Crippen LogP contribution in [0.25, 0.3) is 0 Å². The average molecular weight is 561 g/mol. The summed E-state index contributed by atoms with van der Waals surface area (Å²) < 4.78 is 20.9. The van der Waals surface area contributed by atoms with Crippen molar-refractivity contribution in [3.8, 4) is 0 Å². The molecule has 0 aliphatic heterocycles. The van der Waals surface area contributed by atoms with Crippen molar-refractivity contribution in [1.82, 2.24) is 0 Å². The molecule has 0 amide bonds. The molecule has 36 heavy (non-hydrogen) atoms. The standard InChI is InChI=1S/2C6H16N2.2C6H13O3P/c2*7-5-3-1-2-4-6-8;2*7-10(8,9)6-4-2-1-3-5-6/h2*1-8H2;2*6H,1-5H2,(H2,7,8,9). The van der Waals surface area contributed by atoms with E-state index in [4.69, 9.17) is 0 Å². The van der Waals surface area contributed by atoms with Crippen molar-refractivity contribution in [3.05, 3.63) is 0 Å². The fourth-order valence-corrected chi connectivity index (χ4v) is 6.20. The molecule has 2 saturated carbocycles. The Morgan fingerprint density at radius 3 is 0.806 bits per heavy atom. The van der Waals surface area contributed by atoms with E-state index in [1.165, 1.54) is 51.4 Å². The maximum Gasteiger partial charge on any atom is 0.0739 e. The van der Waals surface area contributed by atoms with Crippen LogP contribution in [0.15, 0.2) is 0 Å². The fourth-order valence-electron chi connectivity index (χ4n) is 4.21. The third kappa shape index (κ3) is 25.8. The third-order valence-corrected chi connectivity index (χ3v) is 9.37. The number of quaternary nitrogens is 4. The molecule has 2 fully saturated rings. The smallest absolute Gasteiger partial charge is 0.0739 e. The summed E-state index contributed by atoms with van der Waals surface area (Å²) in [7, 11) is -8.48. The zero-order valence-corrected chi connectivity index (χ0v) is 24.7. The minimum absolute atomic E-state index is 0.554. The molecule has 0 aromatic rings. The van der Waals surface area contributed by atoms with Gasteiger partial charge in [0.15, 0.2) is 0 Å². The molecule has 0 aromatic carbocycles. The van der Waals surface area contributed by atoms with Gasteiger partial charge in [-0.2, -0.15) is 0 Å². The van der Waals surface area contributed by atoms with E-state index in [9.17, 15) is 28.7 Å². The summed E-state index contributed by atoms with van der Waals surface area (Å²) in [6, 6.07) is 0. The molecule has 0 atom stereocenters. The molecule has 12 heteroatoms. The van der Waals surface area contributed by atoms with Crippen LogP contribution in [0.2, 0.25) is 0 Å². The first-order valence-corrected chi connectivity index (χ1v) is 17.5. The van der Waals surface area contributed by atoms with E-state index in [-0.39, 0.29) is 0 Å². The molecule has 0 unspecified atom stereocenters. The van der Waals surface area contributed by atoms with Crippen molar-refractivity contribution < 1.29 is 51.6 Å². The Kier molecular flexibility index (Phi) is 27.0. The van der Waals surface area contributed by atoms with Gasteiger partial charge in [-0.1, -0.05) is 53.7 Å². The topological polar surface area (TPSA) is 237 Å². The Morgan fingerprint density at radius 1 is 0.444 bits per heavy atom. The minimum Gasteiger partial charge on any atom is -0.811 e. The first-order valence-electron chi connectivity index (χ1n) is 14.2. The summed E-state index contributed by atoms with van der Waals surface area (Å²) in [6.45, 7) is 4.38. The Bertz CT molecular complexity index is 491. The maximum atomic E-state index is 10.5. The summed E-state index contributed by atoms with van der Waals surface area (Å²) in [5, 5.41) is 0. The molecule has 0 aromatic heterocycles. The normalized spacial score (nSPS) is 17.1. The second-order valence-electron chi connectivity index (χ2n) is 9.91. The number of rotatable bonds is 12. The highest BCUT2D eigenvalue weighted by Crippen LogP contribution is 2.41. The molecule has 220 valence electrons. The van der Waals surface area contributed by atoms with E-state index in [2.05, 4.69) is 22.9 Å². The molecule has 0 saturated heterocycles. The molecule has 0 spiro atoms. The van der Waals surface area contributed by atoms with E-state index in [1.54, 1.807) is 0 Å². The lowest BCUT2D eigenvalue weighted by molar-refractivity contribution is -0.371. The van der Waals surface area contributed by atoms with E-state index >= 15 is 0 Å². The molecule has 0 heterocycles. The highest BCUT2D eigenvalue weighted by Gasteiger charge is 2.16. The number of hydrogen-bond acceptors (Lipinski definition) is 6. The Labute approximate surface area is 220 Å². The molecule has 10 nitrogen and oxygen atoms in total. The Morgan fingerprint density at radius 2 is 0.667 bits per heavy atom. The molecule has 2 rings (SSSR count). The largest absolute Gasteiger partial charge is 0.811 e. The van der Waals surface area contributed by atoms with Gasteiger partial charge >= 0.3 is 0 Å². The molecule has 0 bridgehead atoms. The second-order valence-corrected chi connectivity index (χ2v) is 13.5. The molecular weight excluding hydrogens is 502 g/mol. The first kappa shape index (κ1) is 38.3. The lowest BCUT2D eigenvalue weighted by Gasteiger charge is -2.40. The van der Waals surface area contributed by atoms with Crippen LogP contribution in [-0.2, 0) is 9.13 Å². The average Bonchev–Trinajstić information content (AvgIpc) is 2.86. The van der Waals surface area contributed by atoms with Crippen molar-refractivity contribution >= 4 is 15.2 Å². The summed E-state index contributed by atoms with van der Waals surface area (Å²) in [5.41, 5.74) is 14.0. The number of hydrogen-bond donors (Lipinski definition) is 4. The van der Waals surface area contributed by atoms with Gasteiger partial charge < -0.3 is 51.6 Å². The summed E-state index contributed by atoms with van der Waals surface area (Å²) in [5.74, 6) is 0. The highest BCUT2D eigenvalue weighted by molar-refractivity contribution is 7.49. The van der Waals surface area contributed by atoms with Crippen molar-refractivity contribution in [2.45, 2.75) is 127 Å². The van der Waals surface area contributed by atoms with E-state index in [1.807, 2.05) is 0 Å². The Hall–Kier alpha value is 0.140. The predicted octanol–water partition coefficient (Wildman–Crippen LogP) is -1.47. The van der Waals surface area contributed by atoms with Crippen LogP contribution in [0.3, 0.4) is 0 Å². The van der Waals surface area contributed by atoms with Gasteiger partial charge in [-0.3, -0.25) is 0 Å². The second kappa shape index (κ2) is 25.4. The summed E-state index contributed by atoms with van der Waals surface area (Å²) in [4.78, 5) is 41.8. The lowest BCUT2D eigenvalue weighted by Crippen LogP contribution is -2.50. The van der Waals surface area contributed by atoms with E-state index in [0.29, 0.717) is 25.7 Å². The summed E-state index contributed by atoms with van der Waals surface area (Å²) in [6.07, 6.45) is 18.7. The van der Waals surface area contributed by atoms with Gasteiger partial charge in [0.25, 0.3) is 0 Å². The van der Waals surface area contributed by atoms with Crippen LogP contribution >= 0.6 is 15.2 Å². The van der Waals surface area contributed by atoms with Crippen molar-refractivity contribution in [3.63, 3.8) is 0 Å². The summed E-state index contributed by atoms with van der Waals surface area (Å²) >= 11 is 0. The van der Waals surface area contributed by atoms with Gasteiger partial charge in [-0.05, 0) is 88.4 Å². The van der Waals surface area contributed by atoms with Gasteiger partial charge in [-0.15, -0.1) is 0 Å². The molecule has 2 aliphatic carbocycles. The van der Waals surface area contributed by atoms with Crippen LogP contribution in [0, 0.1) is 0 Å². The fraction of sp³-hybridized carbons (Fsp3) is 1.00. The zero-order valence-electron chi connectivity index (χ0n) is 22.9. The van der Waals surface area contributed by atoms with E-state index < -0.39 is 26.5 Å². The molecule has 0 radical (unpaired) electrons. The van der Waals surface area contributed by atoms with Crippen LogP contribution in [0.4, 0.5) is 0 Å². The quantitative estimate of drug-likeness (QED) is 0.164.